The summed E-state index contributed by atoms with van der Waals surface area (Å²) in [6.07, 6.45) is 16.6. The third-order valence-electron chi connectivity index (χ3n) is 13.0. The summed E-state index contributed by atoms with van der Waals surface area (Å²) in [5.41, 5.74) is 17.9. The van der Waals surface area contributed by atoms with Crippen molar-refractivity contribution in [3.63, 3.8) is 0 Å². The van der Waals surface area contributed by atoms with Gasteiger partial charge in [0, 0.05) is 0 Å². The van der Waals surface area contributed by atoms with Crippen LogP contribution in [0, 0.1) is 27.7 Å². The average Bonchev–Trinajstić information content (AvgIpc) is 3.71. The second-order valence-corrected chi connectivity index (χ2v) is 38.4. The van der Waals surface area contributed by atoms with E-state index in [0.717, 1.165) is 0 Å². The van der Waals surface area contributed by atoms with E-state index in [0.29, 0.717) is 7.35 Å². The van der Waals surface area contributed by atoms with Gasteiger partial charge in [-0.2, -0.15) is 0 Å². The maximum absolute atomic E-state index is 3.16. The molecular weight excluding hydrogens is 783 g/mol. The number of hydrogen-bond acceptors (Lipinski definition) is 0. The zero-order valence-electron chi connectivity index (χ0n) is 32.3. The van der Waals surface area contributed by atoms with E-state index in [2.05, 4.69) is 136 Å². The van der Waals surface area contributed by atoms with E-state index < -0.39 is 28.0 Å². The molecule has 1 fully saturated rings. The summed E-state index contributed by atoms with van der Waals surface area (Å²) < 4.78 is 7.08. The van der Waals surface area contributed by atoms with Crippen molar-refractivity contribution in [1.82, 2.24) is 0 Å². The first kappa shape index (κ1) is 35.8. The summed E-state index contributed by atoms with van der Waals surface area (Å²) in [5.74, 6) is 0. The van der Waals surface area contributed by atoms with Gasteiger partial charge in [0.05, 0.1) is 0 Å². The molecule has 260 valence electrons. The number of aryl methyl sites for hydroxylation is 4. The van der Waals surface area contributed by atoms with Gasteiger partial charge in [-0.05, 0) is 0 Å². The van der Waals surface area contributed by atoms with Crippen LogP contribution in [0.15, 0.2) is 83.2 Å². The van der Waals surface area contributed by atoms with Crippen molar-refractivity contribution in [3.05, 3.63) is 128 Å². The third-order valence-corrected chi connectivity index (χ3v) is 35.7. The molecule has 0 bridgehead atoms. The number of fused-ring (bicyclic) bond motifs is 6. The van der Waals surface area contributed by atoms with Crippen LogP contribution in [0.2, 0.25) is 21.4 Å². The second kappa shape index (κ2) is 14.5. The van der Waals surface area contributed by atoms with Crippen molar-refractivity contribution in [2.24, 2.45) is 0 Å². The monoisotopic (exact) mass is 844 g/mol. The molecule has 1 heterocycles. The molecule has 4 aromatic rings. The maximum atomic E-state index is 2.86. The zero-order valence-corrected chi connectivity index (χ0v) is 36.9. The molecule has 1 aliphatic heterocycles. The number of unbranched alkanes of at least 4 members (excludes halogenated alkanes) is 6. The predicted molar refractivity (Wildman–Crippen MR) is 220 cm³/mol. The predicted octanol–water partition coefficient (Wildman–Crippen LogP) is 14.8. The average molecular weight is 844 g/mol. The van der Waals surface area contributed by atoms with Gasteiger partial charge in [-0.15, -0.1) is 0 Å². The Morgan fingerprint density at radius 1 is 0.520 bits per heavy atom. The molecular formula is C48H60HfSi. The fourth-order valence-electron chi connectivity index (χ4n) is 10.5. The van der Waals surface area contributed by atoms with Gasteiger partial charge in [0.1, 0.15) is 0 Å². The Morgan fingerprint density at radius 2 is 0.960 bits per heavy atom. The summed E-state index contributed by atoms with van der Waals surface area (Å²) in [4.78, 5) is 0. The zero-order chi connectivity index (χ0) is 35.2. The van der Waals surface area contributed by atoms with Gasteiger partial charge in [-0.1, -0.05) is 0 Å². The number of rotatable bonds is 12. The van der Waals surface area contributed by atoms with Crippen LogP contribution in [-0.2, 0) is 20.0 Å². The van der Waals surface area contributed by atoms with Gasteiger partial charge in [0.2, 0.25) is 0 Å². The summed E-state index contributed by atoms with van der Waals surface area (Å²) in [6.45, 7) is 13.9. The molecule has 1 saturated heterocycles. The Kier molecular flexibility index (Phi) is 10.4. The van der Waals surface area contributed by atoms with Crippen LogP contribution in [-0.4, -0.2) is 8.07 Å². The first-order valence-electron chi connectivity index (χ1n) is 20.0. The minimum atomic E-state index is -3.16. The van der Waals surface area contributed by atoms with Crippen LogP contribution in [0.5, 0.6) is 0 Å². The molecule has 0 radical (unpaired) electrons. The molecule has 0 saturated carbocycles. The normalized spacial score (nSPS) is 19.4. The fraction of sp³-hybridized carbons (Fsp3) is 0.417. The molecule has 2 unspecified atom stereocenters. The van der Waals surface area contributed by atoms with E-state index in [1.807, 2.05) is 10.4 Å². The van der Waals surface area contributed by atoms with Crippen molar-refractivity contribution < 1.29 is 20.0 Å². The number of benzene rings is 4. The van der Waals surface area contributed by atoms with Gasteiger partial charge in [-0.3, -0.25) is 0 Å². The standard InChI is InChI=1S/C46H54Si.2CH3.Hf/c1-7-9-11-13-25-47(26-14-12-10-8-2,39-29-37-17-15-19-41(45(37)31-39)43-27-33(3)21-23-35(43)5)40-30-38-18-16-20-42(46(38)32-40)44-28-34(4)22-24-36(44)6;;;/h15-24,27-32H,7-14,25-26H2,1-6H3;2*1H3;. The number of allylic oxidation sites excluding steroid dienone is 2. The Labute approximate surface area is 309 Å². The van der Waals surface area contributed by atoms with Crippen molar-refractivity contribution in [2.75, 3.05) is 0 Å². The van der Waals surface area contributed by atoms with Crippen LogP contribution in [0.1, 0.15) is 117 Å². The quantitative estimate of drug-likeness (QED) is 0.0985. The van der Waals surface area contributed by atoms with Crippen molar-refractivity contribution in [2.45, 2.75) is 122 Å². The molecule has 0 amide bonds. The van der Waals surface area contributed by atoms with E-state index >= 15 is 0 Å². The van der Waals surface area contributed by atoms with Gasteiger partial charge in [0.15, 0.2) is 0 Å². The molecule has 4 aromatic carbocycles. The third kappa shape index (κ3) is 6.09. The SMILES string of the molecule is CCCCCC[Si]1(CCCCCC)C2=Cc3c(-c4cc(C)ccc4C)cccc3[CH]2[Hf]([CH3])([CH3])[CH]2C1=Cc1c(-c3cc(C)ccc3C)cccc12. The molecule has 50 heavy (non-hydrogen) atoms. The van der Waals surface area contributed by atoms with Crippen LogP contribution in [0.25, 0.3) is 34.4 Å². The topological polar surface area (TPSA) is 0 Å². The molecule has 3 aliphatic rings. The van der Waals surface area contributed by atoms with E-state index in [4.69, 9.17) is 0 Å². The van der Waals surface area contributed by atoms with Gasteiger partial charge >= 0.3 is 312 Å². The van der Waals surface area contributed by atoms with Crippen molar-refractivity contribution >= 4 is 20.2 Å². The second-order valence-electron chi connectivity index (χ2n) is 16.8. The minimum absolute atomic E-state index is 0.684. The van der Waals surface area contributed by atoms with Crippen LogP contribution in [0.4, 0.5) is 0 Å². The fourth-order valence-corrected chi connectivity index (χ4v) is 43.4. The van der Waals surface area contributed by atoms with Crippen LogP contribution < -0.4 is 0 Å². The molecule has 2 heteroatoms. The van der Waals surface area contributed by atoms with Crippen LogP contribution >= 0.6 is 0 Å². The first-order chi connectivity index (χ1) is 24.1. The van der Waals surface area contributed by atoms with Gasteiger partial charge < -0.3 is 0 Å². The van der Waals surface area contributed by atoms with Gasteiger partial charge in [0.25, 0.3) is 0 Å². The van der Waals surface area contributed by atoms with E-state index in [1.54, 1.807) is 22.3 Å². The van der Waals surface area contributed by atoms with Crippen molar-refractivity contribution in [3.8, 4) is 22.3 Å². The summed E-state index contributed by atoms with van der Waals surface area (Å²) >= 11 is -3.16. The van der Waals surface area contributed by atoms with E-state index in [9.17, 15) is 0 Å². The molecule has 2 atom stereocenters. The van der Waals surface area contributed by atoms with Crippen molar-refractivity contribution in [1.29, 1.82) is 0 Å². The van der Waals surface area contributed by atoms with Gasteiger partial charge in [-0.25, -0.2) is 0 Å². The Bertz CT molecular complexity index is 1830. The molecule has 0 nitrogen and oxygen atoms in total. The molecule has 2 aliphatic carbocycles. The molecule has 0 aromatic heterocycles. The number of hydrogen-bond donors (Lipinski definition) is 0. The molecule has 0 N–H and O–H groups in total. The van der Waals surface area contributed by atoms with Crippen LogP contribution in [0.3, 0.4) is 0 Å². The first-order valence-corrected chi connectivity index (χ1v) is 33.7. The summed E-state index contributed by atoms with van der Waals surface area (Å²) in [5, 5.41) is 3.93. The Hall–Kier alpha value is -2.55. The Morgan fingerprint density at radius 3 is 1.38 bits per heavy atom. The Balaban J connectivity index is 1.48. The van der Waals surface area contributed by atoms with E-state index in [-0.39, 0.29) is 0 Å². The molecule has 7 rings (SSSR count). The summed E-state index contributed by atoms with van der Waals surface area (Å²) in [7, 11) is -2.05. The molecule has 0 spiro atoms. The summed E-state index contributed by atoms with van der Waals surface area (Å²) in [6, 6.07) is 31.9. The van der Waals surface area contributed by atoms with E-state index in [1.165, 1.54) is 108 Å².